The van der Waals surface area contributed by atoms with E-state index in [1.165, 1.54) is 0 Å². The third kappa shape index (κ3) is 2.09. The summed E-state index contributed by atoms with van der Waals surface area (Å²) in [5.74, 6) is 0. The smallest absolute Gasteiger partial charge is 0.0804 e. The topological polar surface area (TPSA) is 26.0 Å². The summed E-state index contributed by atoms with van der Waals surface area (Å²) in [4.78, 5) is 0. The van der Waals surface area contributed by atoms with Gasteiger partial charge in [0.15, 0.2) is 0 Å². The van der Waals surface area contributed by atoms with Gasteiger partial charge in [0.2, 0.25) is 0 Å². The van der Waals surface area contributed by atoms with Gasteiger partial charge in [-0.2, -0.15) is 0 Å². The van der Waals surface area contributed by atoms with Crippen molar-refractivity contribution in [2.75, 3.05) is 0 Å². The van der Waals surface area contributed by atoms with Crippen LogP contribution in [0.5, 0.6) is 0 Å². The summed E-state index contributed by atoms with van der Waals surface area (Å²) in [5, 5.41) is -0.497. The van der Waals surface area contributed by atoms with Crippen molar-refractivity contribution >= 4 is 9.24 Å². The molecule has 0 aliphatic heterocycles. The van der Waals surface area contributed by atoms with Crippen molar-refractivity contribution in [1.82, 2.24) is 0 Å². The quantitative estimate of drug-likeness (QED) is 0.766. The second-order valence-corrected chi connectivity index (χ2v) is 4.51. The number of hydrogen-bond acceptors (Lipinski definition) is 1. The van der Waals surface area contributed by atoms with E-state index < -0.39 is 5.28 Å². The first kappa shape index (κ1) is 10.4. The molecule has 0 aromatic heterocycles. The molecule has 2 rings (SSSR count). The van der Waals surface area contributed by atoms with Crippen LogP contribution in [0.2, 0.25) is 0 Å². The lowest BCUT2D eigenvalue weighted by Gasteiger charge is -2.25. The van der Waals surface area contributed by atoms with Crippen LogP contribution in [0.1, 0.15) is 11.1 Å². The third-order valence-electron chi connectivity index (χ3n) is 2.50. The lowest BCUT2D eigenvalue weighted by atomic mass is 9.99. The Balaban J connectivity index is 2.44. The Morgan fingerprint density at radius 1 is 0.733 bits per heavy atom. The van der Waals surface area contributed by atoms with E-state index in [0.29, 0.717) is 0 Å². The predicted molar refractivity (Wildman–Crippen MR) is 67.6 cm³/mol. The van der Waals surface area contributed by atoms with Gasteiger partial charge in [-0.15, -0.1) is 9.24 Å². The molecule has 0 bridgehead atoms. The highest BCUT2D eigenvalue weighted by atomic mass is 31.0. The lowest BCUT2D eigenvalue weighted by molar-refractivity contribution is 0.792. The molecule has 2 heteroatoms. The van der Waals surface area contributed by atoms with Crippen LogP contribution in [0.15, 0.2) is 60.7 Å². The summed E-state index contributed by atoms with van der Waals surface area (Å²) in [6, 6.07) is 20.2. The van der Waals surface area contributed by atoms with Crippen molar-refractivity contribution < 1.29 is 0 Å². The molecule has 0 aliphatic rings. The molecule has 76 valence electrons. The van der Waals surface area contributed by atoms with Gasteiger partial charge in [-0.1, -0.05) is 60.7 Å². The zero-order chi connectivity index (χ0) is 10.7. The number of hydrogen-bond donors (Lipinski definition) is 1. The van der Waals surface area contributed by atoms with E-state index in [4.69, 9.17) is 5.73 Å². The maximum absolute atomic E-state index is 6.32. The van der Waals surface area contributed by atoms with Crippen molar-refractivity contribution in [3.63, 3.8) is 0 Å². The molecule has 2 aromatic rings. The van der Waals surface area contributed by atoms with Crippen molar-refractivity contribution in [3.05, 3.63) is 71.8 Å². The van der Waals surface area contributed by atoms with Gasteiger partial charge in [-0.3, -0.25) is 0 Å². The molecule has 0 saturated carbocycles. The average Bonchev–Trinajstić information content (AvgIpc) is 2.31. The van der Waals surface area contributed by atoms with Gasteiger partial charge in [0.1, 0.15) is 0 Å². The van der Waals surface area contributed by atoms with Crippen LogP contribution >= 0.6 is 9.24 Å². The van der Waals surface area contributed by atoms with Gasteiger partial charge in [-0.05, 0) is 11.1 Å². The van der Waals surface area contributed by atoms with Crippen LogP contribution < -0.4 is 5.73 Å². The second-order valence-electron chi connectivity index (χ2n) is 3.60. The molecule has 0 saturated heterocycles. The van der Waals surface area contributed by atoms with Gasteiger partial charge < -0.3 is 5.73 Å². The van der Waals surface area contributed by atoms with E-state index in [-0.39, 0.29) is 0 Å². The predicted octanol–water partition coefficient (Wildman–Crippen LogP) is 2.72. The Morgan fingerprint density at radius 2 is 1.07 bits per heavy atom. The molecule has 2 N–H and O–H groups in total. The monoisotopic (exact) mass is 215 g/mol. The first-order chi connectivity index (χ1) is 7.21. The van der Waals surface area contributed by atoms with E-state index >= 15 is 0 Å². The third-order valence-corrected chi connectivity index (χ3v) is 3.17. The molecule has 0 heterocycles. The summed E-state index contributed by atoms with van der Waals surface area (Å²) in [5.41, 5.74) is 8.52. The number of nitrogens with two attached hydrogens (primary N) is 1. The van der Waals surface area contributed by atoms with Crippen LogP contribution in [-0.4, -0.2) is 0 Å². The summed E-state index contributed by atoms with van der Waals surface area (Å²) in [6.07, 6.45) is 0. The highest BCUT2D eigenvalue weighted by molar-refractivity contribution is 7.18. The Hall–Kier alpha value is -1.17. The van der Waals surface area contributed by atoms with Crippen molar-refractivity contribution in [3.8, 4) is 0 Å². The summed E-state index contributed by atoms with van der Waals surface area (Å²) in [6.45, 7) is 0. The number of benzene rings is 2. The van der Waals surface area contributed by atoms with Crippen molar-refractivity contribution in [1.29, 1.82) is 0 Å². The minimum atomic E-state index is -0.497. The van der Waals surface area contributed by atoms with Crippen LogP contribution in [0.4, 0.5) is 0 Å². The van der Waals surface area contributed by atoms with E-state index in [2.05, 4.69) is 9.24 Å². The SMILES string of the molecule is NC(P)(c1ccccc1)c1ccccc1. The maximum atomic E-state index is 6.32. The van der Waals surface area contributed by atoms with Gasteiger partial charge in [0.25, 0.3) is 0 Å². The summed E-state index contributed by atoms with van der Waals surface area (Å²) >= 11 is 0. The summed E-state index contributed by atoms with van der Waals surface area (Å²) < 4.78 is 0. The highest BCUT2D eigenvalue weighted by Gasteiger charge is 2.22. The Labute approximate surface area is 92.5 Å². The standard InChI is InChI=1S/C13H14NP/c14-13(15,11-7-3-1-4-8-11)12-9-5-2-6-10-12/h1-10H,14-15H2. The molecule has 2 aromatic carbocycles. The van der Waals surface area contributed by atoms with Crippen molar-refractivity contribution in [2.45, 2.75) is 5.28 Å². The largest absolute Gasteiger partial charge is 0.315 e. The fourth-order valence-corrected chi connectivity index (χ4v) is 1.98. The van der Waals surface area contributed by atoms with Crippen LogP contribution in [0, 0.1) is 0 Å². The zero-order valence-electron chi connectivity index (χ0n) is 8.43. The zero-order valence-corrected chi connectivity index (χ0v) is 9.58. The molecular weight excluding hydrogens is 201 g/mol. The first-order valence-corrected chi connectivity index (χ1v) is 5.48. The molecule has 0 amide bonds. The second kappa shape index (κ2) is 4.14. The van der Waals surface area contributed by atoms with Gasteiger partial charge in [0, 0.05) is 0 Å². The van der Waals surface area contributed by atoms with Gasteiger partial charge >= 0.3 is 0 Å². The Kier molecular flexibility index (Phi) is 2.86. The lowest BCUT2D eigenvalue weighted by Crippen LogP contribution is -2.30. The van der Waals surface area contributed by atoms with Crippen LogP contribution in [0.25, 0.3) is 0 Å². The molecule has 0 aliphatic carbocycles. The molecule has 1 nitrogen and oxygen atoms in total. The minimum absolute atomic E-state index is 0.497. The Morgan fingerprint density at radius 3 is 1.40 bits per heavy atom. The first-order valence-electron chi connectivity index (χ1n) is 4.90. The fraction of sp³-hybridized carbons (Fsp3) is 0.0769. The Bertz CT molecular complexity index is 381. The van der Waals surface area contributed by atoms with E-state index in [1.54, 1.807) is 0 Å². The van der Waals surface area contributed by atoms with Gasteiger partial charge in [0.05, 0.1) is 5.28 Å². The molecule has 0 radical (unpaired) electrons. The number of rotatable bonds is 2. The molecule has 0 spiro atoms. The van der Waals surface area contributed by atoms with Crippen LogP contribution in [0.3, 0.4) is 0 Å². The molecule has 1 atom stereocenters. The average molecular weight is 215 g/mol. The van der Waals surface area contributed by atoms with E-state index in [9.17, 15) is 0 Å². The minimum Gasteiger partial charge on any atom is -0.315 e. The highest BCUT2D eigenvalue weighted by Crippen LogP contribution is 2.32. The normalized spacial score (nSPS) is 11.3. The van der Waals surface area contributed by atoms with E-state index in [1.807, 2.05) is 60.7 Å². The summed E-state index contributed by atoms with van der Waals surface area (Å²) in [7, 11) is 2.72. The van der Waals surface area contributed by atoms with E-state index in [0.717, 1.165) is 11.1 Å². The molecular formula is C13H14NP. The van der Waals surface area contributed by atoms with Crippen molar-refractivity contribution in [2.24, 2.45) is 5.73 Å². The fourth-order valence-electron chi connectivity index (χ4n) is 1.59. The molecule has 1 unspecified atom stereocenters. The molecule has 15 heavy (non-hydrogen) atoms. The maximum Gasteiger partial charge on any atom is 0.0804 e. The van der Waals surface area contributed by atoms with Gasteiger partial charge in [-0.25, -0.2) is 0 Å². The van der Waals surface area contributed by atoms with Crippen LogP contribution in [-0.2, 0) is 5.28 Å². The molecule has 0 fully saturated rings.